The molecule has 7 heteroatoms. The summed E-state index contributed by atoms with van der Waals surface area (Å²) >= 11 is 0. The summed E-state index contributed by atoms with van der Waals surface area (Å²) in [6, 6.07) is 9.97. The van der Waals surface area contributed by atoms with Gasteiger partial charge in [0, 0.05) is 13.1 Å². The zero-order chi connectivity index (χ0) is 16.4. The van der Waals surface area contributed by atoms with E-state index in [1.807, 2.05) is 0 Å². The minimum absolute atomic E-state index is 0.0909. The Balaban J connectivity index is 1.42. The summed E-state index contributed by atoms with van der Waals surface area (Å²) in [6.07, 6.45) is 1.48. The highest BCUT2D eigenvalue weighted by Gasteiger charge is 2.24. The van der Waals surface area contributed by atoms with Crippen LogP contribution < -0.4 is 0 Å². The Labute approximate surface area is 137 Å². The first kappa shape index (κ1) is 15.0. The van der Waals surface area contributed by atoms with E-state index in [4.69, 9.17) is 13.7 Å². The second-order valence-electron chi connectivity index (χ2n) is 5.64. The molecule has 0 aliphatic carbocycles. The van der Waals surface area contributed by atoms with Crippen molar-refractivity contribution < 1.29 is 18.1 Å². The molecule has 0 saturated carbocycles. The highest BCUT2D eigenvalue weighted by Crippen LogP contribution is 2.24. The number of nitrogens with zero attached hydrogens (tertiary/aromatic N) is 3. The first-order valence-electron chi connectivity index (χ1n) is 7.74. The zero-order valence-electron chi connectivity index (χ0n) is 12.9. The van der Waals surface area contributed by atoms with E-state index in [9.17, 15) is 4.39 Å². The molecule has 1 saturated heterocycles. The average Bonchev–Trinajstić information content (AvgIpc) is 3.27. The lowest BCUT2D eigenvalue weighted by atomic mass is 10.1. The number of hydrogen-bond acceptors (Lipinski definition) is 6. The van der Waals surface area contributed by atoms with Crippen molar-refractivity contribution in [2.75, 3.05) is 19.7 Å². The van der Waals surface area contributed by atoms with Crippen LogP contribution in [0.3, 0.4) is 0 Å². The van der Waals surface area contributed by atoms with Gasteiger partial charge >= 0.3 is 0 Å². The Kier molecular flexibility index (Phi) is 4.10. The van der Waals surface area contributed by atoms with Gasteiger partial charge in [-0.1, -0.05) is 17.3 Å². The van der Waals surface area contributed by atoms with E-state index in [-0.39, 0.29) is 11.9 Å². The average molecular weight is 329 g/mol. The molecule has 2 aromatic heterocycles. The largest absolute Gasteiger partial charge is 0.461 e. The summed E-state index contributed by atoms with van der Waals surface area (Å²) in [6.45, 7) is 2.59. The first-order valence-corrected chi connectivity index (χ1v) is 7.74. The van der Waals surface area contributed by atoms with E-state index in [0.717, 1.165) is 12.1 Å². The lowest BCUT2D eigenvalue weighted by Gasteiger charge is -2.32. The summed E-state index contributed by atoms with van der Waals surface area (Å²) in [5.41, 5.74) is 0.961. The molecule has 3 heterocycles. The number of aromatic nitrogens is 2. The SMILES string of the molecule is Fc1ccc(C2CN(Cc3nc(-c4ccco4)no3)CCO2)cc1. The quantitative estimate of drug-likeness (QED) is 0.733. The molecule has 0 bridgehead atoms. The number of rotatable bonds is 4. The van der Waals surface area contributed by atoms with E-state index in [2.05, 4.69) is 15.0 Å². The first-order chi connectivity index (χ1) is 11.8. The van der Waals surface area contributed by atoms with E-state index in [1.54, 1.807) is 30.5 Å². The molecule has 0 radical (unpaired) electrons. The topological polar surface area (TPSA) is 64.5 Å². The van der Waals surface area contributed by atoms with E-state index in [0.29, 0.717) is 37.2 Å². The number of benzene rings is 1. The van der Waals surface area contributed by atoms with Crippen molar-refractivity contribution in [1.82, 2.24) is 15.0 Å². The summed E-state index contributed by atoms with van der Waals surface area (Å²) in [7, 11) is 0. The highest BCUT2D eigenvalue weighted by molar-refractivity contribution is 5.44. The van der Waals surface area contributed by atoms with Crippen LogP contribution in [-0.2, 0) is 11.3 Å². The van der Waals surface area contributed by atoms with E-state index >= 15 is 0 Å². The monoisotopic (exact) mass is 329 g/mol. The fraction of sp³-hybridized carbons (Fsp3) is 0.294. The van der Waals surface area contributed by atoms with Gasteiger partial charge in [-0.3, -0.25) is 4.90 Å². The summed E-state index contributed by atoms with van der Waals surface area (Å²) < 4.78 is 29.4. The Bertz CT molecular complexity index is 786. The van der Waals surface area contributed by atoms with Gasteiger partial charge in [-0.05, 0) is 29.8 Å². The fourth-order valence-electron chi connectivity index (χ4n) is 2.74. The molecule has 6 nitrogen and oxygen atoms in total. The predicted molar refractivity (Wildman–Crippen MR) is 82.4 cm³/mol. The van der Waals surface area contributed by atoms with Crippen molar-refractivity contribution in [2.45, 2.75) is 12.6 Å². The number of ether oxygens (including phenoxy) is 1. The Morgan fingerprint density at radius 1 is 1.21 bits per heavy atom. The molecule has 0 N–H and O–H groups in total. The van der Waals surface area contributed by atoms with Crippen molar-refractivity contribution >= 4 is 0 Å². The maximum absolute atomic E-state index is 13.1. The van der Waals surface area contributed by atoms with Crippen LogP contribution in [0, 0.1) is 5.82 Å². The second kappa shape index (κ2) is 6.54. The smallest absolute Gasteiger partial charge is 0.241 e. The summed E-state index contributed by atoms with van der Waals surface area (Å²) in [5.74, 6) is 1.30. The summed E-state index contributed by atoms with van der Waals surface area (Å²) in [5, 5.41) is 3.93. The van der Waals surface area contributed by atoms with Gasteiger partial charge in [-0.2, -0.15) is 4.98 Å². The zero-order valence-corrected chi connectivity index (χ0v) is 12.9. The third-order valence-corrected chi connectivity index (χ3v) is 3.96. The molecule has 0 amide bonds. The minimum atomic E-state index is -0.247. The standard InChI is InChI=1S/C17H16FN3O3/c18-13-5-3-12(4-6-13)15-10-21(7-9-23-15)11-16-19-17(20-24-16)14-2-1-8-22-14/h1-6,8,15H,7,9-11H2. The van der Waals surface area contributed by atoms with Crippen LogP contribution in [-0.4, -0.2) is 34.7 Å². The number of furan rings is 1. The van der Waals surface area contributed by atoms with Gasteiger partial charge in [0.25, 0.3) is 0 Å². The van der Waals surface area contributed by atoms with Crippen molar-refractivity contribution in [3.63, 3.8) is 0 Å². The minimum Gasteiger partial charge on any atom is -0.461 e. The number of morpholine rings is 1. The van der Waals surface area contributed by atoms with Gasteiger partial charge in [0.1, 0.15) is 5.82 Å². The number of halogens is 1. The lowest BCUT2D eigenvalue weighted by Crippen LogP contribution is -2.37. The van der Waals surface area contributed by atoms with Crippen molar-refractivity contribution in [1.29, 1.82) is 0 Å². The molecule has 4 rings (SSSR count). The third-order valence-electron chi connectivity index (χ3n) is 3.96. The van der Waals surface area contributed by atoms with Crippen LogP contribution >= 0.6 is 0 Å². The van der Waals surface area contributed by atoms with Gasteiger partial charge in [0.05, 0.1) is 25.5 Å². The molecule has 24 heavy (non-hydrogen) atoms. The van der Waals surface area contributed by atoms with Gasteiger partial charge < -0.3 is 13.7 Å². The molecule has 1 fully saturated rings. The van der Waals surface area contributed by atoms with Crippen LogP contribution in [0.5, 0.6) is 0 Å². The van der Waals surface area contributed by atoms with E-state index < -0.39 is 0 Å². The highest BCUT2D eigenvalue weighted by atomic mass is 19.1. The molecule has 124 valence electrons. The molecule has 0 spiro atoms. The van der Waals surface area contributed by atoms with Gasteiger partial charge in [0.2, 0.25) is 11.7 Å². The normalized spacial score (nSPS) is 18.8. The van der Waals surface area contributed by atoms with Gasteiger partial charge in [0.15, 0.2) is 5.76 Å². The number of hydrogen-bond donors (Lipinski definition) is 0. The molecule has 1 unspecified atom stereocenters. The lowest BCUT2D eigenvalue weighted by molar-refractivity contribution is -0.0356. The molecule has 1 atom stereocenters. The van der Waals surface area contributed by atoms with Crippen LogP contribution in [0.25, 0.3) is 11.6 Å². The van der Waals surface area contributed by atoms with Crippen molar-refractivity contribution in [3.05, 3.63) is 59.9 Å². The predicted octanol–water partition coefficient (Wildman–Crippen LogP) is 3.04. The van der Waals surface area contributed by atoms with Crippen LogP contribution in [0.15, 0.2) is 51.6 Å². The second-order valence-corrected chi connectivity index (χ2v) is 5.64. The maximum atomic E-state index is 13.1. The molecule has 1 aromatic carbocycles. The van der Waals surface area contributed by atoms with Crippen molar-refractivity contribution in [3.8, 4) is 11.6 Å². The maximum Gasteiger partial charge on any atom is 0.241 e. The Morgan fingerprint density at radius 3 is 2.88 bits per heavy atom. The van der Waals surface area contributed by atoms with E-state index in [1.165, 1.54) is 12.1 Å². The molecular formula is C17H16FN3O3. The van der Waals surface area contributed by atoms with Crippen LogP contribution in [0.2, 0.25) is 0 Å². The molecule has 1 aliphatic rings. The Morgan fingerprint density at radius 2 is 2.08 bits per heavy atom. The fourth-order valence-corrected chi connectivity index (χ4v) is 2.74. The third kappa shape index (κ3) is 3.22. The van der Waals surface area contributed by atoms with Crippen molar-refractivity contribution in [2.24, 2.45) is 0 Å². The molecule has 3 aromatic rings. The van der Waals surface area contributed by atoms with Gasteiger partial charge in [-0.15, -0.1) is 0 Å². The van der Waals surface area contributed by atoms with Crippen LogP contribution in [0.4, 0.5) is 4.39 Å². The van der Waals surface area contributed by atoms with Crippen LogP contribution in [0.1, 0.15) is 17.6 Å². The van der Waals surface area contributed by atoms with Gasteiger partial charge in [-0.25, -0.2) is 4.39 Å². The Hall–Kier alpha value is -2.51. The molecule has 1 aliphatic heterocycles. The molecular weight excluding hydrogens is 313 g/mol. The summed E-state index contributed by atoms with van der Waals surface area (Å²) in [4.78, 5) is 6.53.